The average Bonchev–Trinajstić information content (AvgIpc) is 2.60. The number of methoxy groups -OCH3 is 1. The summed E-state index contributed by atoms with van der Waals surface area (Å²) in [6.07, 6.45) is 0.775. The van der Waals surface area contributed by atoms with Crippen molar-refractivity contribution in [1.29, 1.82) is 5.26 Å². The van der Waals surface area contributed by atoms with Gasteiger partial charge in [0.2, 0.25) is 0 Å². The molecule has 0 aliphatic heterocycles. The molecule has 144 valence electrons. The van der Waals surface area contributed by atoms with Crippen LogP contribution in [0.5, 0.6) is 5.75 Å². The van der Waals surface area contributed by atoms with Gasteiger partial charge in [-0.3, -0.25) is 4.79 Å². The predicted octanol–water partition coefficient (Wildman–Crippen LogP) is 3.27. The van der Waals surface area contributed by atoms with E-state index in [1.54, 1.807) is 14.0 Å². The van der Waals surface area contributed by atoms with Crippen molar-refractivity contribution in [2.75, 3.05) is 13.7 Å². The van der Waals surface area contributed by atoms with E-state index in [2.05, 4.69) is 4.72 Å². The van der Waals surface area contributed by atoms with Gasteiger partial charge in [-0.1, -0.05) is 12.1 Å². The van der Waals surface area contributed by atoms with Crippen LogP contribution in [0.15, 0.2) is 24.3 Å². The molecule has 0 fully saturated rings. The molecule has 0 saturated heterocycles. The smallest absolute Gasteiger partial charge is 0.323 e. The maximum Gasteiger partial charge on any atom is 0.323 e. The summed E-state index contributed by atoms with van der Waals surface area (Å²) >= 11 is -1.30. The highest BCUT2D eigenvalue weighted by Gasteiger charge is 2.31. The van der Waals surface area contributed by atoms with Crippen molar-refractivity contribution in [3.8, 4) is 11.8 Å². The van der Waals surface area contributed by atoms with Crippen LogP contribution in [0, 0.1) is 17.2 Å². The zero-order valence-electron chi connectivity index (χ0n) is 16.1. The lowest BCUT2D eigenvalue weighted by atomic mass is 9.97. The molecule has 6 nitrogen and oxygen atoms in total. The van der Waals surface area contributed by atoms with Gasteiger partial charge in [0.15, 0.2) is 0 Å². The number of nitrogens with one attached hydrogen (secondary N) is 1. The Morgan fingerprint density at radius 3 is 2.62 bits per heavy atom. The van der Waals surface area contributed by atoms with E-state index >= 15 is 0 Å². The Bertz CT molecular complexity index is 625. The molecule has 26 heavy (non-hydrogen) atoms. The molecular formula is C19H28N2O4S. The van der Waals surface area contributed by atoms with Crippen LogP contribution in [0.3, 0.4) is 0 Å². The van der Waals surface area contributed by atoms with Gasteiger partial charge in [0.25, 0.3) is 0 Å². The van der Waals surface area contributed by atoms with E-state index < -0.39 is 28.0 Å². The predicted molar refractivity (Wildman–Crippen MR) is 102 cm³/mol. The summed E-state index contributed by atoms with van der Waals surface area (Å²) < 4.78 is 25.5. The highest BCUT2D eigenvalue weighted by Crippen LogP contribution is 2.27. The fourth-order valence-electron chi connectivity index (χ4n) is 2.27. The summed E-state index contributed by atoms with van der Waals surface area (Å²) in [5.41, 5.74) is 0.891. The van der Waals surface area contributed by atoms with Crippen molar-refractivity contribution < 1.29 is 18.8 Å². The molecule has 0 spiro atoms. The van der Waals surface area contributed by atoms with E-state index in [1.807, 2.05) is 51.1 Å². The number of carbonyl (C=O) groups excluding carboxylic acids is 1. The Hall–Kier alpha value is -1.75. The van der Waals surface area contributed by atoms with Crippen molar-refractivity contribution >= 4 is 17.3 Å². The first-order valence-electron chi connectivity index (χ1n) is 8.61. The van der Waals surface area contributed by atoms with Gasteiger partial charge in [0.1, 0.15) is 16.4 Å². The molecule has 1 aromatic carbocycles. The van der Waals surface area contributed by atoms with Gasteiger partial charge < -0.3 is 14.0 Å². The van der Waals surface area contributed by atoms with E-state index in [1.165, 1.54) is 0 Å². The summed E-state index contributed by atoms with van der Waals surface area (Å²) in [4.78, 5) is 11.9. The van der Waals surface area contributed by atoms with Crippen LogP contribution in [0.25, 0.3) is 0 Å². The minimum atomic E-state index is -1.30. The lowest BCUT2D eigenvalue weighted by molar-refractivity contribution is -0.146. The van der Waals surface area contributed by atoms with Crippen molar-refractivity contribution in [2.45, 2.75) is 51.3 Å². The molecule has 0 heterocycles. The zero-order chi connectivity index (χ0) is 19.7. The van der Waals surface area contributed by atoms with E-state index in [9.17, 15) is 14.6 Å². The molecule has 1 aromatic rings. The number of esters is 1. The number of carbonyl (C=O) groups is 1. The van der Waals surface area contributed by atoms with Gasteiger partial charge in [-0.05, 0) is 58.2 Å². The number of benzene rings is 1. The summed E-state index contributed by atoms with van der Waals surface area (Å²) in [7, 11) is 1.58. The average molecular weight is 381 g/mol. The third kappa shape index (κ3) is 6.87. The summed E-state index contributed by atoms with van der Waals surface area (Å²) in [6, 6.07) is 9.18. The normalized spacial score (nSPS) is 14.8. The number of hydrogen-bond donors (Lipinski definition) is 1. The topological polar surface area (TPSA) is 94.4 Å². The highest BCUT2D eigenvalue weighted by atomic mass is 32.2. The first kappa shape index (κ1) is 22.3. The molecule has 0 saturated carbocycles. The second kappa shape index (κ2) is 10.4. The maximum absolute atomic E-state index is 12.6. The van der Waals surface area contributed by atoms with Gasteiger partial charge in [-0.25, -0.2) is 0 Å². The van der Waals surface area contributed by atoms with Crippen LogP contribution < -0.4 is 9.46 Å². The monoisotopic (exact) mass is 380 g/mol. The molecule has 0 amide bonds. The Balaban J connectivity index is 2.96. The zero-order valence-corrected chi connectivity index (χ0v) is 16.9. The van der Waals surface area contributed by atoms with Crippen molar-refractivity contribution in [3.05, 3.63) is 29.8 Å². The van der Waals surface area contributed by atoms with Gasteiger partial charge in [0, 0.05) is 11.4 Å². The largest absolute Gasteiger partial charge is 0.598 e. The van der Waals surface area contributed by atoms with Crippen LogP contribution in [0.4, 0.5) is 0 Å². The van der Waals surface area contributed by atoms with Crippen LogP contribution >= 0.6 is 0 Å². The number of nitriles is 1. The standard InChI is InChI=1S/C19H28N2O4S/c1-6-25-18(22)15(13-20)10-11-17(21-26(23)19(2,3)4)14-8-7-9-16(12-14)24-5/h7-9,12,15,17,21H,6,10-11H2,1-5H3/t15?,17-,26-/m1/s1. The van der Waals surface area contributed by atoms with E-state index in [0.29, 0.717) is 18.6 Å². The Morgan fingerprint density at radius 2 is 2.08 bits per heavy atom. The molecule has 0 bridgehead atoms. The summed E-state index contributed by atoms with van der Waals surface area (Å²) in [5, 5.41) is 9.25. The SMILES string of the molecule is CCOC(=O)C(C#N)CC[C@@H](N[S@+]([O-])C(C)(C)C)c1cccc(OC)c1. The van der Waals surface area contributed by atoms with Crippen molar-refractivity contribution in [2.24, 2.45) is 5.92 Å². The minimum Gasteiger partial charge on any atom is -0.598 e. The molecule has 1 N–H and O–H groups in total. The van der Waals surface area contributed by atoms with E-state index in [-0.39, 0.29) is 12.6 Å². The number of hydrogen-bond acceptors (Lipinski definition) is 6. The molecule has 0 aliphatic rings. The second-order valence-electron chi connectivity index (χ2n) is 6.84. The minimum absolute atomic E-state index is 0.239. The first-order valence-corrected chi connectivity index (χ1v) is 9.76. The summed E-state index contributed by atoms with van der Waals surface area (Å²) in [6.45, 7) is 7.60. The lowest BCUT2D eigenvalue weighted by Crippen LogP contribution is -2.41. The van der Waals surface area contributed by atoms with Gasteiger partial charge >= 0.3 is 5.97 Å². The summed E-state index contributed by atoms with van der Waals surface area (Å²) in [5.74, 6) is -0.665. The van der Waals surface area contributed by atoms with Crippen molar-refractivity contribution in [3.63, 3.8) is 0 Å². The molecule has 1 rings (SSSR count). The maximum atomic E-state index is 12.6. The van der Waals surface area contributed by atoms with Gasteiger partial charge in [0.05, 0.1) is 25.8 Å². The van der Waals surface area contributed by atoms with E-state index in [0.717, 1.165) is 5.56 Å². The number of rotatable bonds is 9. The van der Waals surface area contributed by atoms with Gasteiger partial charge in [-0.2, -0.15) is 5.26 Å². The Kier molecular flexibility index (Phi) is 8.93. The number of ether oxygens (including phenoxy) is 2. The van der Waals surface area contributed by atoms with E-state index in [4.69, 9.17) is 9.47 Å². The van der Waals surface area contributed by atoms with Crippen molar-refractivity contribution in [1.82, 2.24) is 4.72 Å². The molecule has 1 unspecified atom stereocenters. The third-order valence-corrected chi connectivity index (χ3v) is 5.38. The van der Waals surface area contributed by atoms with Crippen LogP contribution in [0.1, 0.15) is 52.1 Å². The van der Waals surface area contributed by atoms with Crippen LogP contribution in [-0.4, -0.2) is 29.0 Å². The lowest BCUT2D eigenvalue weighted by Gasteiger charge is -2.28. The molecule has 0 aliphatic carbocycles. The number of nitrogens with zero attached hydrogens (tertiary/aromatic N) is 1. The molecule has 3 atom stereocenters. The fraction of sp³-hybridized carbons (Fsp3) is 0.579. The Morgan fingerprint density at radius 1 is 1.38 bits per heavy atom. The van der Waals surface area contributed by atoms with Crippen LogP contribution in [-0.2, 0) is 20.9 Å². The quantitative estimate of drug-likeness (QED) is 0.522. The Labute approximate surface area is 159 Å². The van der Waals surface area contributed by atoms with Gasteiger partial charge in [-0.15, -0.1) is 4.72 Å². The van der Waals surface area contributed by atoms with Crippen LogP contribution in [0.2, 0.25) is 0 Å². The molecular weight excluding hydrogens is 352 g/mol. The highest BCUT2D eigenvalue weighted by molar-refractivity contribution is 7.90. The molecule has 0 aromatic heterocycles. The molecule has 0 radical (unpaired) electrons. The fourth-order valence-corrected chi connectivity index (χ4v) is 3.14. The third-order valence-electron chi connectivity index (χ3n) is 3.77. The molecule has 7 heteroatoms. The first-order chi connectivity index (χ1) is 12.2. The second-order valence-corrected chi connectivity index (χ2v) is 8.84.